The van der Waals surface area contributed by atoms with E-state index in [-0.39, 0.29) is 5.37 Å². The molecule has 0 aliphatic carbocycles. The van der Waals surface area contributed by atoms with Gasteiger partial charge in [-0.2, -0.15) is 12.6 Å². The van der Waals surface area contributed by atoms with Crippen molar-refractivity contribution >= 4 is 12.6 Å². The second kappa shape index (κ2) is 1.61. The molecule has 2 N–H and O–H groups in total. The highest BCUT2D eigenvalue weighted by Gasteiger charge is 1.68. The number of nitrogens with two attached hydrogens (primary N) is 1. The fourth-order valence-corrected chi connectivity index (χ4v) is 0. The third-order valence-corrected chi connectivity index (χ3v) is 0. The van der Waals surface area contributed by atoms with E-state index in [4.69, 9.17) is 5.73 Å². The largest absolute Gasteiger partial charge is 0.320 e. The maximum atomic E-state index is 4.98. The topological polar surface area (TPSA) is 26.0 Å². The summed E-state index contributed by atoms with van der Waals surface area (Å²) in [6.07, 6.45) is 0. The van der Waals surface area contributed by atoms with E-state index in [1.807, 2.05) is 6.92 Å². The summed E-state index contributed by atoms with van der Waals surface area (Å²) in [5, 5.41) is 0.0278. The van der Waals surface area contributed by atoms with Crippen LogP contribution < -0.4 is 5.73 Å². The predicted octanol–water partition coefficient (Wildman–Crippen LogP) is 0.221. The van der Waals surface area contributed by atoms with Crippen LogP contribution in [-0.4, -0.2) is 5.37 Å². The van der Waals surface area contributed by atoms with Crippen LogP contribution in [0.5, 0.6) is 0 Å². The molecule has 0 rings (SSSR count). The van der Waals surface area contributed by atoms with Gasteiger partial charge in [-0.25, -0.2) is 0 Å². The fraction of sp³-hybridized carbons (Fsp3) is 1.00. The SMILES string of the molecule is CC(N)S. The van der Waals surface area contributed by atoms with E-state index in [9.17, 15) is 0 Å². The summed E-state index contributed by atoms with van der Waals surface area (Å²) in [6.45, 7) is 1.81. The Bertz CT molecular complexity index is 10.8. The number of rotatable bonds is 0. The molecule has 0 aromatic rings. The van der Waals surface area contributed by atoms with Crippen LogP contribution in [-0.2, 0) is 0 Å². The Morgan fingerprint density at radius 2 is 2.00 bits per heavy atom. The van der Waals surface area contributed by atoms with Crippen molar-refractivity contribution < 1.29 is 0 Å². The molecule has 0 bridgehead atoms. The molecule has 0 fully saturated rings. The summed E-state index contributed by atoms with van der Waals surface area (Å²) >= 11 is 3.74. The second-order valence-electron chi connectivity index (χ2n) is 0.741. The molecule has 26 valence electrons. The number of hydrogen-bond acceptors (Lipinski definition) is 2. The zero-order valence-electron chi connectivity index (χ0n) is 2.60. The molecule has 0 spiro atoms. The fourth-order valence-electron chi connectivity index (χ4n) is 0. The van der Waals surface area contributed by atoms with E-state index in [0.717, 1.165) is 0 Å². The van der Waals surface area contributed by atoms with Crippen molar-refractivity contribution in [2.24, 2.45) is 5.73 Å². The first kappa shape index (κ1) is 4.31. The van der Waals surface area contributed by atoms with Gasteiger partial charge in [-0.15, -0.1) is 0 Å². The molecule has 0 amide bonds. The van der Waals surface area contributed by atoms with E-state index in [0.29, 0.717) is 0 Å². The summed E-state index contributed by atoms with van der Waals surface area (Å²) in [5.41, 5.74) is 4.98. The van der Waals surface area contributed by atoms with Gasteiger partial charge in [0.1, 0.15) is 0 Å². The van der Waals surface area contributed by atoms with Crippen LogP contribution in [0.3, 0.4) is 0 Å². The monoisotopic (exact) mass is 77.0 g/mol. The van der Waals surface area contributed by atoms with Crippen molar-refractivity contribution in [3.05, 3.63) is 0 Å². The van der Waals surface area contributed by atoms with Crippen molar-refractivity contribution in [1.82, 2.24) is 0 Å². The van der Waals surface area contributed by atoms with Crippen LogP contribution >= 0.6 is 12.6 Å². The molecule has 0 heterocycles. The van der Waals surface area contributed by atoms with Gasteiger partial charge in [0.05, 0.1) is 0 Å². The molecular weight excluding hydrogens is 70.1 g/mol. The van der Waals surface area contributed by atoms with Crippen LogP contribution in [0.1, 0.15) is 6.92 Å². The maximum absolute atomic E-state index is 4.98. The van der Waals surface area contributed by atoms with Crippen molar-refractivity contribution in [2.75, 3.05) is 0 Å². The molecule has 2 heteroatoms. The highest BCUT2D eigenvalue weighted by Crippen LogP contribution is 1.72. The molecule has 0 saturated carbocycles. The molecular formula is C2H7NS. The Morgan fingerprint density at radius 1 is 2.00 bits per heavy atom. The first-order chi connectivity index (χ1) is 1.73. The molecule has 0 radical (unpaired) electrons. The molecule has 0 aliphatic rings. The Labute approximate surface area is 31.6 Å². The molecule has 0 aliphatic heterocycles. The van der Waals surface area contributed by atoms with Crippen molar-refractivity contribution in [3.63, 3.8) is 0 Å². The third kappa shape index (κ3) is 41.3. The molecule has 0 aromatic heterocycles. The van der Waals surface area contributed by atoms with Crippen LogP contribution in [0.4, 0.5) is 0 Å². The number of thiol groups is 1. The Hall–Kier alpha value is 0.310. The van der Waals surface area contributed by atoms with E-state index < -0.39 is 0 Å². The molecule has 0 aromatic carbocycles. The van der Waals surface area contributed by atoms with Gasteiger partial charge in [-0.05, 0) is 6.92 Å². The number of hydrogen-bond donors (Lipinski definition) is 2. The van der Waals surface area contributed by atoms with Crippen LogP contribution in [0.25, 0.3) is 0 Å². The van der Waals surface area contributed by atoms with Gasteiger partial charge in [0.15, 0.2) is 0 Å². The van der Waals surface area contributed by atoms with Gasteiger partial charge in [0.25, 0.3) is 0 Å². The molecule has 0 saturated heterocycles. The average molecular weight is 77.2 g/mol. The first-order valence-corrected chi connectivity index (χ1v) is 1.69. The molecule has 1 atom stereocenters. The Kier molecular flexibility index (Phi) is 1.74. The van der Waals surface area contributed by atoms with Crippen LogP contribution in [0.15, 0.2) is 0 Å². The maximum Gasteiger partial charge on any atom is 0.0448 e. The zero-order chi connectivity index (χ0) is 3.58. The normalized spacial score (nSPS) is 15.8. The van der Waals surface area contributed by atoms with Crippen LogP contribution in [0.2, 0.25) is 0 Å². The standard InChI is InChI=1S/C2H7NS/c1-2(3)4/h2,4H,3H2,1H3. The minimum Gasteiger partial charge on any atom is -0.320 e. The average Bonchev–Trinajstić information content (AvgIpc) is 0.811. The third-order valence-electron chi connectivity index (χ3n) is 0. The summed E-state index contributed by atoms with van der Waals surface area (Å²) in [7, 11) is 0. The minimum atomic E-state index is 0.0278. The van der Waals surface area contributed by atoms with Gasteiger partial charge >= 0.3 is 0 Å². The summed E-state index contributed by atoms with van der Waals surface area (Å²) in [6, 6.07) is 0. The summed E-state index contributed by atoms with van der Waals surface area (Å²) in [5.74, 6) is 0. The van der Waals surface area contributed by atoms with E-state index in [1.165, 1.54) is 0 Å². The smallest absolute Gasteiger partial charge is 0.0448 e. The lowest BCUT2D eigenvalue weighted by Crippen LogP contribution is -2.03. The zero-order valence-corrected chi connectivity index (χ0v) is 3.50. The van der Waals surface area contributed by atoms with E-state index in [2.05, 4.69) is 12.6 Å². The highest BCUT2D eigenvalue weighted by molar-refractivity contribution is 7.80. The summed E-state index contributed by atoms with van der Waals surface area (Å²) in [4.78, 5) is 0. The lowest BCUT2D eigenvalue weighted by atomic mass is 10.8. The second-order valence-corrected chi connectivity index (χ2v) is 1.56. The van der Waals surface area contributed by atoms with Gasteiger partial charge in [-0.3, -0.25) is 0 Å². The Balaban J connectivity index is 2.32. The first-order valence-electron chi connectivity index (χ1n) is 1.17. The van der Waals surface area contributed by atoms with Gasteiger partial charge in [0.2, 0.25) is 0 Å². The summed E-state index contributed by atoms with van der Waals surface area (Å²) < 4.78 is 0. The Morgan fingerprint density at radius 3 is 2.00 bits per heavy atom. The van der Waals surface area contributed by atoms with Crippen molar-refractivity contribution in [2.45, 2.75) is 12.3 Å². The molecule has 1 unspecified atom stereocenters. The molecule has 4 heavy (non-hydrogen) atoms. The van der Waals surface area contributed by atoms with Gasteiger partial charge in [0, 0.05) is 5.37 Å². The minimum absolute atomic E-state index is 0.0278. The van der Waals surface area contributed by atoms with E-state index in [1.54, 1.807) is 0 Å². The highest BCUT2D eigenvalue weighted by atomic mass is 32.1. The van der Waals surface area contributed by atoms with Crippen molar-refractivity contribution in [1.29, 1.82) is 0 Å². The predicted molar refractivity (Wildman–Crippen MR) is 22.6 cm³/mol. The van der Waals surface area contributed by atoms with E-state index >= 15 is 0 Å². The quantitative estimate of drug-likeness (QED) is 0.314. The van der Waals surface area contributed by atoms with Crippen LogP contribution in [0, 0.1) is 0 Å². The lowest BCUT2D eigenvalue weighted by molar-refractivity contribution is 1.06. The van der Waals surface area contributed by atoms with Crippen molar-refractivity contribution in [3.8, 4) is 0 Å². The molecule has 1 nitrogen and oxygen atoms in total. The van der Waals surface area contributed by atoms with Gasteiger partial charge in [-0.1, -0.05) is 0 Å². The lowest BCUT2D eigenvalue weighted by Gasteiger charge is -1.80. The van der Waals surface area contributed by atoms with Gasteiger partial charge < -0.3 is 5.73 Å².